The lowest BCUT2D eigenvalue weighted by atomic mass is 9.46. The molecule has 2 saturated carbocycles. The molecule has 0 aromatic carbocycles. The van der Waals surface area contributed by atoms with Crippen LogP contribution in [0.5, 0.6) is 0 Å². The lowest BCUT2D eigenvalue weighted by molar-refractivity contribution is -0.125. The summed E-state index contributed by atoms with van der Waals surface area (Å²) in [5.41, 5.74) is 2.38. The van der Waals surface area contributed by atoms with E-state index in [2.05, 4.69) is 27.4 Å². The minimum absolute atomic E-state index is 0.0133. The lowest BCUT2D eigenvalue weighted by Gasteiger charge is -2.59. The third-order valence-corrected chi connectivity index (χ3v) is 6.89. The van der Waals surface area contributed by atoms with Gasteiger partial charge >= 0.3 is 0 Å². The van der Waals surface area contributed by atoms with E-state index in [1.54, 1.807) is 6.08 Å². The van der Waals surface area contributed by atoms with Crippen LogP contribution in [0.1, 0.15) is 59.3 Å². The van der Waals surface area contributed by atoms with Crippen LogP contribution >= 0.6 is 0 Å². The summed E-state index contributed by atoms with van der Waals surface area (Å²) in [7, 11) is 0. The Labute approximate surface area is 141 Å². The minimum atomic E-state index is -0.213. The quantitative estimate of drug-likeness (QED) is 0.679. The second-order valence-corrected chi connectivity index (χ2v) is 8.43. The largest absolute Gasteiger partial charge is 0.393 e. The van der Waals surface area contributed by atoms with E-state index in [0.717, 1.165) is 44.1 Å². The molecule has 2 aliphatic rings. The molecule has 2 rings (SSSR count). The maximum absolute atomic E-state index is 10.5. The summed E-state index contributed by atoms with van der Waals surface area (Å²) in [5.74, 6) is 0.940. The number of fused-ring (bicyclic) bond motifs is 1. The third-order valence-electron chi connectivity index (χ3n) is 6.89. The van der Waals surface area contributed by atoms with Gasteiger partial charge in [0.1, 0.15) is 0 Å². The van der Waals surface area contributed by atoms with Crippen molar-refractivity contribution >= 4 is 0 Å². The number of hydrogen-bond acceptors (Lipinski definition) is 3. The molecule has 3 heteroatoms. The van der Waals surface area contributed by atoms with E-state index in [4.69, 9.17) is 5.11 Å². The first-order valence-electron chi connectivity index (χ1n) is 9.02. The van der Waals surface area contributed by atoms with E-state index in [-0.39, 0.29) is 30.1 Å². The summed E-state index contributed by atoms with van der Waals surface area (Å²) in [5, 5.41) is 29.0. The van der Waals surface area contributed by atoms with Gasteiger partial charge in [-0.2, -0.15) is 0 Å². The number of hydrogen-bond donors (Lipinski definition) is 3. The Balaban J connectivity index is 2.21. The molecule has 3 nitrogen and oxygen atoms in total. The minimum Gasteiger partial charge on any atom is -0.393 e. The molecule has 0 radical (unpaired) electrons. The predicted molar refractivity (Wildman–Crippen MR) is 94.0 cm³/mol. The van der Waals surface area contributed by atoms with Gasteiger partial charge in [0, 0.05) is 0 Å². The molecular weight excluding hydrogens is 288 g/mol. The highest BCUT2D eigenvalue weighted by Crippen LogP contribution is 2.61. The van der Waals surface area contributed by atoms with Crippen LogP contribution in [-0.2, 0) is 0 Å². The summed E-state index contributed by atoms with van der Waals surface area (Å²) in [6.45, 7) is 11.2. The first-order chi connectivity index (χ1) is 10.8. The van der Waals surface area contributed by atoms with Gasteiger partial charge in [0.25, 0.3) is 0 Å². The van der Waals surface area contributed by atoms with E-state index in [9.17, 15) is 10.2 Å². The fraction of sp³-hybridized carbons (Fsp3) is 0.800. The number of aliphatic hydroxyl groups is 3. The molecule has 2 fully saturated rings. The third kappa shape index (κ3) is 3.42. The van der Waals surface area contributed by atoms with E-state index >= 15 is 0 Å². The Morgan fingerprint density at radius 3 is 2.57 bits per heavy atom. The standard InChI is InChI=1S/C20H34O3/c1-14-5-8-17-19(2,3)18(23)9-11-20(17,4)16(14)7-6-15(13-22)10-12-21/h10,16-18,21-23H,1,5-9,11-13H2,2-4H3/b15-10-/t16-,17-,18-,20+/m1/s1. The van der Waals surface area contributed by atoms with Crippen LogP contribution in [0.15, 0.2) is 23.8 Å². The van der Waals surface area contributed by atoms with Crippen molar-refractivity contribution in [3.05, 3.63) is 23.8 Å². The fourth-order valence-electron chi connectivity index (χ4n) is 5.40. The van der Waals surface area contributed by atoms with Gasteiger partial charge in [-0.25, -0.2) is 0 Å². The maximum atomic E-state index is 10.5. The van der Waals surface area contributed by atoms with Gasteiger partial charge in [-0.3, -0.25) is 0 Å². The summed E-state index contributed by atoms with van der Waals surface area (Å²) in [6, 6.07) is 0. The molecule has 23 heavy (non-hydrogen) atoms. The summed E-state index contributed by atoms with van der Waals surface area (Å²) >= 11 is 0. The molecule has 0 aromatic rings. The van der Waals surface area contributed by atoms with Gasteiger partial charge < -0.3 is 15.3 Å². The van der Waals surface area contributed by atoms with Crippen LogP contribution in [0.25, 0.3) is 0 Å². The average Bonchev–Trinajstić information content (AvgIpc) is 2.49. The van der Waals surface area contributed by atoms with Gasteiger partial charge in [-0.05, 0) is 66.8 Å². The molecule has 0 amide bonds. The molecule has 4 atom stereocenters. The van der Waals surface area contributed by atoms with Crippen molar-refractivity contribution in [2.75, 3.05) is 13.2 Å². The van der Waals surface area contributed by atoms with Crippen LogP contribution < -0.4 is 0 Å². The Hall–Kier alpha value is -0.640. The lowest BCUT2D eigenvalue weighted by Crippen LogP contribution is -2.54. The Bertz CT molecular complexity index is 466. The molecule has 132 valence electrons. The first-order valence-corrected chi connectivity index (χ1v) is 9.02. The van der Waals surface area contributed by atoms with Crippen LogP contribution in [-0.4, -0.2) is 34.6 Å². The van der Waals surface area contributed by atoms with Crippen molar-refractivity contribution in [1.82, 2.24) is 0 Å². The van der Waals surface area contributed by atoms with E-state index in [1.165, 1.54) is 5.57 Å². The average molecular weight is 322 g/mol. The highest BCUT2D eigenvalue weighted by molar-refractivity contribution is 5.18. The molecule has 2 aliphatic carbocycles. The normalized spacial score (nSPS) is 37.6. The molecule has 0 unspecified atom stereocenters. The van der Waals surface area contributed by atoms with Crippen LogP contribution in [0.2, 0.25) is 0 Å². The zero-order valence-electron chi connectivity index (χ0n) is 15.0. The highest BCUT2D eigenvalue weighted by atomic mass is 16.3. The summed E-state index contributed by atoms with van der Waals surface area (Å²) < 4.78 is 0. The van der Waals surface area contributed by atoms with Crippen molar-refractivity contribution in [3.63, 3.8) is 0 Å². The zero-order chi connectivity index (χ0) is 17.3. The molecular formula is C20H34O3. The fourth-order valence-corrected chi connectivity index (χ4v) is 5.40. The van der Waals surface area contributed by atoms with Crippen molar-refractivity contribution in [3.8, 4) is 0 Å². The van der Waals surface area contributed by atoms with Crippen molar-refractivity contribution in [2.24, 2.45) is 22.7 Å². The van der Waals surface area contributed by atoms with E-state index in [0.29, 0.717) is 11.8 Å². The van der Waals surface area contributed by atoms with Crippen LogP contribution in [0, 0.1) is 22.7 Å². The van der Waals surface area contributed by atoms with Crippen molar-refractivity contribution in [1.29, 1.82) is 0 Å². The first kappa shape index (κ1) is 18.7. The topological polar surface area (TPSA) is 60.7 Å². The molecule has 0 saturated heterocycles. The molecule has 0 aromatic heterocycles. The van der Waals surface area contributed by atoms with Crippen molar-refractivity contribution in [2.45, 2.75) is 65.4 Å². The predicted octanol–water partition coefficient (Wildman–Crippen LogP) is 3.45. The van der Waals surface area contributed by atoms with Gasteiger partial charge in [-0.15, -0.1) is 0 Å². The van der Waals surface area contributed by atoms with Gasteiger partial charge in [0.05, 0.1) is 19.3 Å². The Morgan fingerprint density at radius 1 is 1.26 bits per heavy atom. The number of aliphatic hydroxyl groups excluding tert-OH is 3. The molecule has 0 spiro atoms. The second-order valence-electron chi connectivity index (χ2n) is 8.43. The SMILES string of the molecule is C=C1CC[C@@H]2C(C)(C)[C@H](O)CC[C@@]2(C)[C@@H]1CC/C(=C/CO)CO. The zero-order valence-corrected chi connectivity index (χ0v) is 15.0. The summed E-state index contributed by atoms with van der Waals surface area (Å²) in [6.07, 6.45) is 7.37. The van der Waals surface area contributed by atoms with Gasteiger partial charge in [-0.1, -0.05) is 39.0 Å². The Morgan fingerprint density at radius 2 is 1.96 bits per heavy atom. The van der Waals surface area contributed by atoms with Gasteiger partial charge in [0.15, 0.2) is 0 Å². The number of allylic oxidation sites excluding steroid dienone is 1. The smallest absolute Gasteiger partial charge is 0.0642 e. The summed E-state index contributed by atoms with van der Waals surface area (Å²) in [4.78, 5) is 0. The monoisotopic (exact) mass is 322 g/mol. The molecule has 3 N–H and O–H groups in total. The second kappa shape index (κ2) is 7.08. The number of rotatable bonds is 5. The molecule has 0 heterocycles. The van der Waals surface area contributed by atoms with E-state index < -0.39 is 0 Å². The molecule has 0 aliphatic heterocycles. The molecule has 0 bridgehead atoms. The van der Waals surface area contributed by atoms with E-state index in [1.807, 2.05) is 0 Å². The van der Waals surface area contributed by atoms with Crippen LogP contribution in [0.4, 0.5) is 0 Å². The Kier molecular flexibility index (Phi) is 5.76. The highest BCUT2D eigenvalue weighted by Gasteiger charge is 2.55. The van der Waals surface area contributed by atoms with Crippen molar-refractivity contribution < 1.29 is 15.3 Å². The van der Waals surface area contributed by atoms with Gasteiger partial charge in [0.2, 0.25) is 0 Å². The maximum Gasteiger partial charge on any atom is 0.0642 e. The van der Waals surface area contributed by atoms with Crippen LogP contribution in [0.3, 0.4) is 0 Å².